The van der Waals surface area contributed by atoms with Crippen LogP contribution in [0.5, 0.6) is 0 Å². The number of amides is 2. The van der Waals surface area contributed by atoms with E-state index in [4.69, 9.17) is 4.74 Å². The number of aromatic nitrogens is 3. The summed E-state index contributed by atoms with van der Waals surface area (Å²) < 4.78 is 5.42. The molecule has 0 saturated carbocycles. The number of anilines is 2. The number of ether oxygens (including phenoxy) is 1. The maximum Gasteiger partial charge on any atom is 0.320 e. The predicted molar refractivity (Wildman–Crippen MR) is 116 cm³/mol. The summed E-state index contributed by atoms with van der Waals surface area (Å²) in [6, 6.07) is 15.0. The maximum absolute atomic E-state index is 12.8. The molecule has 0 spiro atoms. The molecular weight excluding hydrogens is 380 g/mol. The molecule has 2 aromatic carbocycles. The van der Waals surface area contributed by atoms with Crippen LogP contribution < -0.4 is 15.5 Å². The van der Waals surface area contributed by atoms with E-state index in [-0.39, 0.29) is 6.03 Å². The number of benzene rings is 2. The van der Waals surface area contributed by atoms with Gasteiger partial charge in [-0.15, -0.1) is 0 Å². The van der Waals surface area contributed by atoms with Gasteiger partial charge in [0, 0.05) is 24.5 Å². The van der Waals surface area contributed by atoms with Gasteiger partial charge in [0.05, 0.1) is 13.2 Å². The number of hydrogen-bond acceptors (Lipinski definition) is 5. The number of morpholine rings is 1. The van der Waals surface area contributed by atoms with Crippen LogP contribution in [-0.2, 0) is 4.74 Å². The number of H-pyrrole nitrogens is 1. The Morgan fingerprint density at radius 1 is 1.13 bits per heavy atom. The molecule has 4 rings (SSSR count). The Bertz CT molecular complexity index is 998. The lowest BCUT2D eigenvalue weighted by Gasteiger charge is -2.29. The summed E-state index contributed by atoms with van der Waals surface area (Å²) >= 11 is 0. The van der Waals surface area contributed by atoms with Crippen molar-refractivity contribution < 1.29 is 9.53 Å². The van der Waals surface area contributed by atoms with Crippen molar-refractivity contribution in [3.8, 4) is 0 Å². The first-order chi connectivity index (χ1) is 14.6. The van der Waals surface area contributed by atoms with Crippen molar-refractivity contribution in [1.29, 1.82) is 0 Å². The average Bonchev–Trinajstić information content (AvgIpc) is 3.20. The van der Waals surface area contributed by atoms with Gasteiger partial charge in [-0.1, -0.05) is 30.3 Å². The Morgan fingerprint density at radius 2 is 1.90 bits per heavy atom. The van der Waals surface area contributed by atoms with E-state index in [1.165, 1.54) is 0 Å². The van der Waals surface area contributed by atoms with E-state index >= 15 is 0 Å². The smallest absolute Gasteiger partial charge is 0.320 e. The number of urea groups is 1. The first-order valence-electron chi connectivity index (χ1n) is 10.0. The van der Waals surface area contributed by atoms with Gasteiger partial charge in [-0.3, -0.25) is 5.10 Å². The number of hydrogen-bond donors (Lipinski definition) is 3. The molecule has 156 valence electrons. The van der Waals surface area contributed by atoms with Gasteiger partial charge in [0.15, 0.2) is 5.82 Å². The Hall–Kier alpha value is -3.39. The molecule has 0 aliphatic carbocycles. The van der Waals surface area contributed by atoms with Crippen molar-refractivity contribution in [2.75, 3.05) is 36.5 Å². The summed E-state index contributed by atoms with van der Waals surface area (Å²) in [5.74, 6) is 1.22. The number of nitrogens with one attached hydrogen (secondary N) is 3. The van der Waals surface area contributed by atoms with Crippen LogP contribution in [0.4, 0.5) is 16.2 Å². The Kier molecular flexibility index (Phi) is 5.94. The van der Waals surface area contributed by atoms with Crippen LogP contribution >= 0.6 is 0 Å². The monoisotopic (exact) mass is 406 g/mol. The first-order valence-corrected chi connectivity index (χ1v) is 10.0. The van der Waals surface area contributed by atoms with Gasteiger partial charge in [-0.05, 0) is 43.2 Å². The van der Waals surface area contributed by atoms with E-state index in [0.717, 1.165) is 48.8 Å². The van der Waals surface area contributed by atoms with Gasteiger partial charge in [-0.25, -0.2) is 9.78 Å². The van der Waals surface area contributed by atoms with Crippen molar-refractivity contribution >= 4 is 17.4 Å². The third-order valence-electron chi connectivity index (χ3n) is 5.12. The summed E-state index contributed by atoms with van der Waals surface area (Å²) in [6.07, 6.45) is 0. The molecule has 8 heteroatoms. The summed E-state index contributed by atoms with van der Waals surface area (Å²) in [5.41, 5.74) is 3.81. The normalized spacial score (nSPS) is 14.9. The van der Waals surface area contributed by atoms with E-state index in [0.29, 0.717) is 11.6 Å². The van der Waals surface area contributed by atoms with E-state index in [1.54, 1.807) is 0 Å². The highest BCUT2D eigenvalue weighted by atomic mass is 16.5. The van der Waals surface area contributed by atoms with Gasteiger partial charge in [-0.2, -0.15) is 5.10 Å². The van der Waals surface area contributed by atoms with Gasteiger partial charge >= 0.3 is 6.03 Å². The second-order valence-corrected chi connectivity index (χ2v) is 7.32. The van der Waals surface area contributed by atoms with Crippen LogP contribution in [0.1, 0.15) is 28.8 Å². The van der Waals surface area contributed by atoms with Gasteiger partial charge in [0.2, 0.25) is 0 Å². The minimum atomic E-state index is -0.455. The highest BCUT2D eigenvalue weighted by Gasteiger charge is 2.21. The molecule has 8 nitrogen and oxygen atoms in total. The molecule has 2 amide bonds. The van der Waals surface area contributed by atoms with E-state index in [1.807, 2.05) is 56.3 Å². The zero-order valence-corrected chi connectivity index (χ0v) is 17.2. The number of aromatic amines is 1. The minimum Gasteiger partial charge on any atom is -0.378 e. The molecule has 0 bridgehead atoms. The second-order valence-electron chi connectivity index (χ2n) is 7.32. The molecule has 1 fully saturated rings. The molecule has 3 N–H and O–H groups in total. The van der Waals surface area contributed by atoms with Crippen LogP contribution in [0.2, 0.25) is 0 Å². The Balaban J connectivity index is 1.48. The molecular formula is C22H26N6O2. The fourth-order valence-corrected chi connectivity index (χ4v) is 3.53. The molecule has 1 aromatic heterocycles. The molecule has 1 unspecified atom stereocenters. The minimum absolute atomic E-state index is 0.312. The molecule has 2 heterocycles. The lowest BCUT2D eigenvalue weighted by atomic mass is 10.1. The largest absolute Gasteiger partial charge is 0.378 e. The van der Waals surface area contributed by atoms with Crippen molar-refractivity contribution in [2.24, 2.45) is 0 Å². The lowest BCUT2D eigenvalue weighted by Crippen LogP contribution is -2.36. The lowest BCUT2D eigenvalue weighted by molar-refractivity contribution is 0.122. The Labute approximate surface area is 175 Å². The van der Waals surface area contributed by atoms with Crippen LogP contribution in [0.15, 0.2) is 48.5 Å². The molecule has 30 heavy (non-hydrogen) atoms. The SMILES string of the molecule is Cc1nc(C(NC(=O)Nc2ccc(N3CCOCC3)cc2C)c2ccccc2)n[nH]1. The molecule has 1 aliphatic rings. The number of nitrogens with zero attached hydrogens (tertiary/aromatic N) is 3. The first kappa shape index (κ1) is 19.9. The van der Waals surface area contributed by atoms with Gasteiger partial charge in [0.1, 0.15) is 11.9 Å². The zero-order chi connectivity index (χ0) is 20.9. The van der Waals surface area contributed by atoms with Crippen LogP contribution in [0.3, 0.4) is 0 Å². The van der Waals surface area contributed by atoms with Crippen molar-refractivity contribution in [2.45, 2.75) is 19.9 Å². The molecule has 1 saturated heterocycles. The van der Waals surface area contributed by atoms with Crippen LogP contribution in [0, 0.1) is 13.8 Å². The maximum atomic E-state index is 12.8. The predicted octanol–water partition coefficient (Wildman–Crippen LogP) is 3.17. The topological polar surface area (TPSA) is 95.2 Å². The zero-order valence-electron chi connectivity index (χ0n) is 17.2. The number of carbonyl (C=O) groups excluding carboxylic acids is 1. The number of aryl methyl sites for hydroxylation is 2. The van der Waals surface area contributed by atoms with Crippen molar-refractivity contribution in [1.82, 2.24) is 20.5 Å². The van der Waals surface area contributed by atoms with E-state index < -0.39 is 6.04 Å². The fourth-order valence-electron chi connectivity index (χ4n) is 3.53. The molecule has 3 aromatic rings. The Morgan fingerprint density at radius 3 is 2.57 bits per heavy atom. The third-order valence-corrected chi connectivity index (χ3v) is 5.12. The number of carbonyl (C=O) groups is 1. The number of rotatable bonds is 5. The molecule has 0 radical (unpaired) electrons. The molecule has 1 aliphatic heterocycles. The van der Waals surface area contributed by atoms with Crippen molar-refractivity contribution in [3.63, 3.8) is 0 Å². The van der Waals surface area contributed by atoms with Crippen LogP contribution in [-0.4, -0.2) is 47.5 Å². The highest BCUT2D eigenvalue weighted by Crippen LogP contribution is 2.24. The standard InChI is InChI=1S/C22H26N6O2/c1-15-14-18(28-10-12-30-13-11-28)8-9-19(15)24-22(29)25-20(17-6-4-3-5-7-17)21-23-16(2)26-27-21/h3-9,14,20H,10-13H2,1-2H3,(H,23,26,27)(H2,24,25,29). The van der Waals surface area contributed by atoms with E-state index in [9.17, 15) is 4.79 Å². The summed E-state index contributed by atoms with van der Waals surface area (Å²) in [6.45, 7) is 7.06. The van der Waals surface area contributed by atoms with Gasteiger partial charge < -0.3 is 20.3 Å². The summed E-state index contributed by atoms with van der Waals surface area (Å²) in [5, 5.41) is 13.0. The molecule has 1 atom stereocenters. The summed E-state index contributed by atoms with van der Waals surface area (Å²) in [4.78, 5) is 19.5. The average molecular weight is 406 g/mol. The quantitative estimate of drug-likeness (QED) is 0.605. The van der Waals surface area contributed by atoms with Crippen LogP contribution in [0.25, 0.3) is 0 Å². The highest BCUT2D eigenvalue weighted by molar-refractivity contribution is 5.90. The fraction of sp³-hybridized carbons (Fsp3) is 0.318. The van der Waals surface area contributed by atoms with Crippen molar-refractivity contribution in [3.05, 3.63) is 71.3 Å². The van der Waals surface area contributed by atoms with E-state index in [2.05, 4.69) is 36.8 Å². The summed E-state index contributed by atoms with van der Waals surface area (Å²) in [7, 11) is 0. The van der Waals surface area contributed by atoms with Gasteiger partial charge in [0.25, 0.3) is 0 Å². The third kappa shape index (κ3) is 4.60. The second kappa shape index (κ2) is 8.96.